The highest BCUT2D eigenvalue weighted by Gasteiger charge is 2.44. The molecule has 0 aromatic rings. The van der Waals surface area contributed by atoms with E-state index in [2.05, 4.69) is 44.0 Å². The summed E-state index contributed by atoms with van der Waals surface area (Å²) in [5.41, 5.74) is -0.274. The Morgan fingerprint density at radius 1 is 1.20 bits per heavy atom. The second-order valence-electron chi connectivity index (χ2n) is 7.54. The van der Waals surface area contributed by atoms with Gasteiger partial charge in [0.2, 0.25) is 0 Å². The first kappa shape index (κ1) is 15.8. The van der Waals surface area contributed by atoms with Crippen molar-refractivity contribution in [3.63, 3.8) is 0 Å². The largest absolute Gasteiger partial charge is 0.297 e. The van der Waals surface area contributed by atoms with Crippen molar-refractivity contribution in [3.8, 4) is 6.07 Å². The van der Waals surface area contributed by atoms with E-state index in [9.17, 15) is 5.26 Å². The zero-order valence-corrected chi connectivity index (χ0v) is 13.7. The minimum absolute atomic E-state index is 0.274. The standard InChI is InChI=1S/C17H31N3/c1-13(2)8-10-20(15-5-6-15)16-7-9-17(11-16,12-18)19-14(3)4/h13-16,19H,5-11H2,1-4H3. The molecule has 0 aliphatic heterocycles. The number of nitrogens with one attached hydrogen (secondary N) is 1. The third-order valence-electron chi connectivity index (χ3n) is 4.72. The SMILES string of the molecule is CC(C)CCN(C1CC1)C1CCC(C#N)(NC(C)C)C1. The molecule has 1 N–H and O–H groups in total. The molecule has 2 fully saturated rings. The lowest BCUT2D eigenvalue weighted by molar-refractivity contribution is 0.172. The molecule has 2 aliphatic carbocycles. The number of rotatable bonds is 7. The molecule has 2 atom stereocenters. The van der Waals surface area contributed by atoms with Crippen molar-refractivity contribution in [2.75, 3.05) is 6.54 Å². The molecule has 20 heavy (non-hydrogen) atoms. The van der Waals surface area contributed by atoms with Gasteiger partial charge in [-0.2, -0.15) is 5.26 Å². The van der Waals surface area contributed by atoms with Crippen molar-refractivity contribution in [1.29, 1.82) is 5.26 Å². The highest BCUT2D eigenvalue weighted by molar-refractivity contribution is 5.14. The van der Waals surface area contributed by atoms with Gasteiger partial charge in [-0.3, -0.25) is 10.2 Å². The monoisotopic (exact) mass is 277 g/mol. The van der Waals surface area contributed by atoms with Crippen LogP contribution in [0.1, 0.15) is 66.2 Å². The minimum atomic E-state index is -0.274. The maximum atomic E-state index is 9.61. The first-order valence-corrected chi connectivity index (χ1v) is 8.40. The molecule has 0 aromatic heterocycles. The average Bonchev–Trinajstić information content (AvgIpc) is 3.11. The first-order valence-electron chi connectivity index (χ1n) is 8.40. The molecule has 0 bridgehead atoms. The molecule has 2 aliphatic rings. The Morgan fingerprint density at radius 2 is 1.90 bits per heavy atom. The fourth-order valence-electron chi connectivity index (χ4n) is 3.60. The Kier molecular flexibility index (Phi) is 5.09. The van der Waals surface area contributed by atoms with E-state index < -0.39 is 0 Å². The Morgan fingerprint density at radius 3 is 2.40 bits per heavy atom. The van der Waals surface area contributed by atoms with Crippen molar-refractivity contribution in [2.45, 2.75) is 89.9 Å². The summed E-state index contributed by atoms with van der Waals surface area (Å²) in [5, 5.41) is 13.1. The molecule has 0 aromatic carbocycles. The van der Waals surface area contributed by atoms with E-state index in [1.807, 2.05) is 0 Å². The van der Waals surface area contributed by atoms with Gasteiger partial charge in [-0.05, 0) is 64.8 Å². The fraction of sp³-hybridized carbons (Fsp3) is 0.941. The summed E-state index contributed by atoms with van der Waals surface area (Å²) in [6.07, 6.45) is 7.22. The quantitative estimate of drug-likeness (QED) is 0.776. The van der Waals surface area contributed by atoms with Gasteiger partial charge >= 0.3 is 0 Å². The molecular weight excluding hydrogens is 246 g/mol. The molecule has 0 saturated heterocycles. The Hall–Kier alpha value is -0.590. The summed E-state index contributed by atoms with van der Waals surface area (Å²) >= 11 is 0. The highest BCUT2D eigenvalue weighted by Crippen LogP contribution is 2.38. The van der Waals surface area contributed by atoms with E-state index in [-0.39, 0.29) is 5.54 Å². The molecular formula is C17H31N3. The molecule has 3 heteroatoms. The van der Waals surface area contributed by atoms with E-state index in [1.165, 1.54) is 32.2 Å². The van der Waals surface area contributed by atoms with Crippen LogP contribution < -0.4 is 5.32 Å². The molecule has 0 spiro atoms. The second-order valence-corrected chi connectivity index (χ2v) is 7.54. The molecule has 2 saturated carbocycles. The Bertz CT molecular complexity index is 354. The summed E-state index contributed by atoms with van der Waals surface area (Å²) in [7, 11) is 0. The van der Waals surface area contributed by atoms with Crippen molar-refractivity contribution in [2.24, 2.45) is 5.92 Å². The van der Waals surface area contributed by atoms with Gasteiger partial charge < -0.3 is 0 Å². The third-order valence-corrected chi connectivity index (χ3v) is 4.72. The van der Waals surface area contributed by atoms with Crippen molar-refractivity contribution < 1.29 is 0 Å². The van der Waals surface area contributed by atoms with Crippen molar-refractivity contribution in [1.82, 2.24) is 10.2 Å². The smallest absolute Gasteiger partial charge is 0.108 e. The van der Waals surface area contributed by atoms with Crippen LogP contribution in [0.2, 0.25) is 0 Å². The minimum Gasteiger partial charge on any atom is -0.297 e. The lowest BCUT2D eigenvalue weighted by atomic mass is 9.98. The predicted octanol–water partition coefficient (Wildman–Crippen LogP) is 3.31. The van der Waals surface area contributed by atoms with Gasteiger partial charge in [-0.15, -0.1) is 0 Å². The van der Waals surface area contributed by atoms with Crippen LogP contribution in [0.3, 0.4) is 0 Å². The van der Waals surface area contributed by atoms with Crippen LogP contribution in [0.4, 0.5) is 0 Å². The van der Waals surface area contributed by atoms with Gasteiger partial charge in [0.1, 0.15) is 5.54 Å². The molecule has 3 nitrogen and oxygen atoms in total. The van der Waals surface area contributed by atoms with Crippen LogP contribution in [0, 0.1) is 17.2 Å². The van der Waals surface area contributed by atoms with Gasteiger partial charge in [0.15, 0.2) is 0 Å². The van der Waals surface area contributed by atoms with Gasteiger partial charge in [-0.1, -0.05) is 13.8 Å². The zero-order chi connectivity index (χ0) is 14.8. The van der Waals surface area contributed by atoms with Crippen molar-refractivity contribution in [3.05, 3.63) is 0 Å². The Labute approximate surface area is 124 Å². The molecule has 0 heterocycles. The summed E-state index contributed by atoms with van der Waals surface area (Å²) in [6.45, 7) is 10.1. The van der Waals surface area contributed by atoms with Crippen LogP contribution in [-0.4, -0.2) is 35.1 Å². The fourth-order valence-corrected chi connectivity index (χ4v) is 3.60. The van der Waals surface area contributed by atoms with Crippen LogP contribution in [0.5, 0.6) is 0 Å². The summed E-state index contributed by atoms with van der Waals surface area (Å²) in [6, 6.07) is 4.40. The lowest BCUT2D eigenvalue weighted by Crippen LogP contribution is -2.47. The summed E-state index contributed by atoms with van der Waals surface area (Å²) in [5.74, 6) is 0.771. The highest BCUT2D eigenvalue weighted by atomic mass is 15.2. The normalized spacial score (nSPS) is 30.4. The number of hydrogen-bond donors (Lipinski definition) is 1. The maximum absolute atomic E-state index is 9.61. The van der Waals surface area contributed by atoms with E-state index in [0.29, 0.717) is 12.1 Å². The van der Waals surface area contributed by atoms with Gasteiger partial charge in [-0.25, -0.2) is 0 Å². The Balaban J connectivity index is 1.96. The molecule has 2 rings (SSSR count). The van der Waals surface area contributed by atoms with E-state index in [4.69, 9.17) is 0 Å². The van der Waals surface area contributed by atoms with E-state index in [1.54, 1.807) is 0 Å². The van der Waals surface area contributed by atoms with Crippen LogP contribution in [0.15, 0.2) is 0 Å². The zero-order valence-electron chi connectivity index (χ0n) is 13.7. The van der Waals surface area contributed by atoms with Crippen LogP contribution in [-0.2, 0) is 0 Å². The lowest BCUT2D eigenvalue weighted by Gasteiger charge is -2.31. The predicted molar refractivity (Wildman–Crippen MR) is 83.4 cm³/mol. The van der Waals surface area contributed by atoms with Crippen LogP contribution in [0.25, 0.3) is 0 Å². The van der Waals surface area contributed by atoms with Gasteiger partial charge in [0, 0.05) is 18.1 Å². The van der Waals surface area contributed by atoms with Gasteiger partial charge in [0.05, 0.1) is 6.07 Å². The average molecular weight is 277 g/mol. The topological polar surface area (TPSA) is 39.1 Å². The van der Waals surface area contributed by atoms with Gasteiger partial charge in [0.25, 0.3) is 0 Å². The summed E-state index contributed by atoms with van der Waals surface area (Å²) in [4.78, 5) is 2.72. The third kappa shape index (κ3) is 3.96. The maximum Gasteiger partial charge on any atom is 0.108 e. The molecule has 2 unspecified atom stereocenters. The van der Waals surface area contributed by atoms with E-state index in [0.717, 1.165) is 24.8 Å². The molecule has 114 valence electrons. The number of hydrogen-bond acceptors (Lipinski definition) is 3. The second kappa shape index (κ2) is 6.45. The van der Waals surface area contributed by atoms with Crippen molar-refractivity contribution >= 4 is 0 Å². The number of nitriles is 1. The van der Waals surface area contributed by atoms with E-state index >= 15 is 0 Å². The molecule has 0 amide bonds. The summed E-state index contributed by atoms with van der Waals surface area (Å²) < 4.78 is 0. The van der Waals surface area contributed by atoms with Crippen LogP contribution >= 0.6 is 0 Å². The molecule has 0 radical (unpaired) electrons. The number of nitrogens with zero attached hydrogens (tertiary/aromatic N) is 2. The first-order chi connectivity index (χ1) is 9.46.